The number of guanidine groups is 1. The van der Waals surface area contributed by atoms with Crippen LogP contribution in [0.25, 0.3) is 0 Å². The highest BCUT2D eigenvalue weighted by Gasteiger charge is 2.14. The number of unbranched alkanes of at least 4 members (excludes halogenated alkanes) is 1. The molecule has 1 heterocycles. The Balaban J connectivity index is 1.70. The van der Waals surface area contributed by atoms with E-state index in [1.807, 2.05) is 18.4 Å². The number of thiazole rings is 1. The Bertz CT molecular complexity index is 458. The van der Waals surface area contributed by atoms with Crippen molar-refractivity contribution in [1.82, 2.24) is 15.2 Å². The van der Waals surface area contributed by atoms with Crippen LogP contribution in [0.15, 0.2) is 4.99 Å². The zero-order valence-corrected chi connectivity index (χ0v) is 15.1. The lowest BCUT2D eigenvalue weighted by Crippen LogP contribution is -2.39. The molecule has 124 valence electrons. The average molecular weight is 323 g/mol. The second-order valence-corrected chi connectivity index (χ2v) is 7.21. The molecular weight excluding hydrogens is 292 g/mol. The molecule has 0 aromatic carbocycles. The van der Waals surface area contributed by atoms with Crippen LogP contribution in [-0.4, -0.2) is 43.0 Å². The Morgan fingerprint density at radius 2 is 2.14 bits per heavy atom. The lowest BCUT2D eigenvalue weighted by atomic mass is 10.0. The van der Waals surface area contributed by atoms with E-state index in [2.05, 4.69) is 29.2 Å². The van der Waals surface area contributed by atoms with Gasteiger partial charge in [-0.3, -0.25) is 4.99 Å². The monoisotopic (exact) mass is 322 g/mol. The third kappa shape index (κ3) is 4.97. The minimum Gasteiger partial charge on any atom is -0.356 e. The Labute approximate surface area is 139 Å². The minimum absolute atomic E-state index is 0.966. The number of fused-ring (bicyclic) bond motifs is 1. The molecule has 1 aromatic rings. The number of hydrogen-bond acceptors (Lipinski definition) is 3. The number of hydrogen-bond donors (Lipinski definition) is 1. The molecule has 0 fully saturated rings. The van der Waals surface area contributed by atoms with Crippen molar-refractivity contribution in [2.45, 2.75) is 58.3 Å². The maximum Gasteiger partial charge on any atom is 0.193 e. The number of aliphatic imine (C=N–C) groups is 1. The standard InChI is InChI=1S/C17H30N4S/c1-4-5-13-21(3)17(18-2)19-12-8-11-16-20-14-9-6-7-10-15(14)22-16/h4-13H2,1-3H3,(H,18,19). The predicted octanol–water partition coefficient (Wildman–Crippen LogP) is 3.26. The minimum atomic E-state index is 0.966. The van der Waals surface area contributed by atoms with Crippen LogP contribution in [-0.2, 0) is 19.3 Å². The molecule has 22 heavy (non-hydrogen) atoms. The quantitative estimate of drug-likeness (QED) is 0.476. The van der Waals surface area contributed by atoms with Crippen LogP contribution in [0.3, 0.4) is 0 Å². The van der Waals surface area contributed by atoms with Gasteiger partial charge in [0.25, 0.3) is 0 Å². The first-order valence-corrected chi connectivity index (χ1v) is 9.45. The summed E-state index contributed by atoms with van der Waals surface area (Å²) in [6.07, 6.45) is 9.74. The fourth-order valence-electron chi connectivity index (χ4n) is 2.84. The Kier molecular flexibility index (Phi) is 7.16. The molecule has 1 aliphatic carbocycles. The van der Waals surface area contributed by atoms with Crippen molar-refractivity contribution in [2.24, 2.45) is 4.99 Å². The maximum absolute atomic E-state index is 4.81. The Morgan fingerprint density at radius 1 is 1.32 bits per heavy atom. The third-order valence-electron chi connectivity index (χ3n) is 4.16. The molecule has 1 aromatic heterocycles. The molecule has 2 rings (SSSR count). The van der Waals surface area contributed by atoms with Crippen LogP contribution in [0.4, 0.5) is 0 Å². The number of aromatic nitrogens is 1. The van der Waals surface area contributed by atoms with Crippen molar-refractivity contribution in [3.05, 3.63) is 15.6 Å². The van der Waals surface area contributed by atoms with Crippen molar-refractivity contribution < 1.29 is 0 Å². The predicted molar refractivity (Wildman–Crippen MR) is 96.0 cm³/mol. The summed E-state index contributed by atoms with van der Waals surface area (Å²) in [6, 6.07) is 0. The van der Waals surface area contributed by atoms with E-state index in [1.165, 1.54) is 49.2 Å². The van der Waals surface area contributed by atoms with Crippen molar-refractivity contribution in [2.75, 3.05) is 27.2 Å². The van der Waals surface area contributed by atoms with Crippen LogP contribution in [0.1, 0.15) is 54.6 Å². The molecule has 0 amide bonds. The van der Waals surface area contributed by atoms with E-state index in [-0.39, 0.29) is 0 Å². The van der Waals surface area contributed by atoms with Gasteiger partial charge in [-0.1, -0.05) is 13.3 Å². The first-order valence-electron chi connectivity index (χ1n) is 8.63. The van der Waals surface area contributed by atoms with Crippen molar-refractivity contribution in [3.8, 4) is 0 Å². The molecule has 0 spiro atoms. The van der Waals surface area contributed by atoms with Gasteiger partial charge in [-0.15, -0.1) is 11.3 Å². The van der Waals surface area contributed by atoms with Gasteiger partial charge in [0.2, 0.25) is 0 Å². The summed E-state index contributed by atoms with van der Waals surface area (Å²) >= 11 is 1.94. The molecule has 0 atom stereocenters. The van der Waals surface area contributed by atoms with Crippen LogP contribution >= 0.6 is 11.3 Å². The highest BCUT2D eigenvalue weighted by atomic mass is 32.1. The van der Waals surface area contributed by atoms with E-state index in [9.17, 15) is 0 Å². The van der Waals surface area contributed by atoms with Crippen molar-refractivity contribution in [3.63, 3.8) is 0 Å². The maximum atomic E-state index is 4.81. The van der Waals surface area contributed by atoms with E-state index < -0.39 is 0 Å². The van der Waals surface area contributed by atoms with Crippen molar-refractivity contribution in [1.29, 1.82) is 0 Å². The van der Waals surface area contributed by atoms with Crippen LogP contribution in [0.5, 0.6) is 0 Å². The number of rotatable bonds is 7. The summed E-state index contributed by atoms with van der Waals surface area (Å²) in [6.45, 7) is 4.25. The van der Waals surface area contributed by atoms with Gasteiger partial charge in [-0.2, -0.15) is 0 Å². The third-order valence-corrected chi connectivity index (χ3v) is 5.38. The number of nitrogens with one attached hydrogen (secondary N) is 1. The summed E-state index contributed by atoms with van der Waals surface area (Å²) in [7, 11) is 3.97. The fraction of sp³-hybridized carbons (Fsp3) is 0.765. The smallest absolute Gasteiger partial charge is 0.193 e. The zero-order chi connectivity index (χ0) is 15.8. The summed E-state index contributed by atoms with van der Waals surface area (Å²) in [5.74, 6) is 1.01. The molecule has 4 nitrogen and oxygen atoms in total. The SMILES string of the molecule is CCCCN(C)C(=NC)NCCCc1nc2c(s1)CCCC2. The molecule has 1 aliphatic rings. The molecule has 1 N–H and O–H groups in total. The molecule has 0 unspecified atom stereocenters. The largest absolute Gasteiger partial charge is 0.356 e. The molecule has 0 aliphatic heterocycles. The molecule has 0 saturated carbocycles. The average Bonchev–Trinajstić information content (AvgIpc) is 2.95. The van der Waals surface area contributed by atoms with E-state index in [0.29, 0.717) is 0 Å². The fourth-order valence-corrected chi connectivity index (χ4v) is 4.04. The summed E-state index contributed by atoms with van der Waals surface area (Å²) in [5.41, 5.74) is 1.38. The van der Waals surface area contributed by atoms with Crippen LogP contribution in [0, 0.1) is 0 Å². The van der Waals surface area contributed by atoms with E-state index in [4.69, 9.17) is 4.98 Å². The van der Waals surface area contributed by atoms with E-state index in [0.717, 1.165) is 31.9 Å². The zero-order valence-electron chi connectivity index (χ0n) is 14.3. The highest BCUT2D eigenvalue weighted by molar-refractivity contribution is 7.11. The summed E-state index contributed by atoms with van der Waals surface area (Å²) in [5, 5.41) is 4.79. The Morgan fingerprint density at radius 3 is 2.86 bits per heavy atom. The highest BCUT2D eigenvalue weighted by Crippen LogP contribution is 2.27. The molecule has 0 saturated heterocycles. The van der Waals surface area contributed by atoms with Crippen LogP contribution < -0.4 is 5.32 Å². The van der Waals surface area contributed by atoms with Gasteiger partial charge in [-0.05, 0) is 38.5 Å². The molecule has 5 heteroatoms. The van der Waals surface area contributed by atoms with E-state index in [1.54, 1.807) is 4.88 Å². The first kappa shape index (κ1) is 17.3. The second kappa shape index (κ2) is 9.13. The molecule has 0 bridgehead atoms. The lowest BCUT2D eigenvalue weighted by molar-refractivity contribution is 0.464. The van der Waals surface area contributed by atoms with Gasteiger partial charge in [0, 0.05) is 38.5 Å². The molecular formula is C17H30N4S. The topological polar surface area (TPSA) is 40.5 Å². The van der Waals surface area contributed by atoms with Gasteiger partial charge < -0.3 is 10.2 Å². The van der Waals surface area contributed by atoms with Gasteiger partial charge in [0.1, 0.15) is 0 Å². The van der Waals surface area contributed by atoms with Gasteiger partial charge in [0.05, 0.1) is 10.7 Å². The van der Waals surface area contributed by atoms with Gasteiger partial charge >= 0.3 is 0 Å². The van der Waals surface area contributed by atoms with Gasteiger partial charge in [-0.25, -0.2) is 4.98 Å². The van der Waals surface area contributed by atoms with Crippen molar-refractivity contribution >= 4 is 17.3 Å². The number of nitrogens with zero attached hydrogens (tertiary/aromatic N) is 3. The van der Waals surface area contributed by atoms with Gasteiger partial charge in [0.15, 0.2) is 5.96 Å². The Hall–Kier alpha value is -1.10. The normalized spacial score (nSPS) is 14.8. The lowest BCUT2D eigenvalue weighted by Gasteiger charge is -2.21. The summed E-state index contributed by atoms with van der Waals surface area (Å²) in [4.78, 5) is 12.9. The number of aryl methyl sites for hydroxylation is 3. The first-order chi connectivity index (χ1) is 10.7. The van der Waals surface area contributed by atoms with E-state index >= 15 is 0 Å². The van der Waals surface area contributed by atoms with Crippen LogP contribution in [0.2, 0.25) is 0 Å². The second-order valence-electron chi connectivity index (χ2n) is 6.04. The molecule has 0 radical (unpaired) electrons. The summed E-state index contributed by atoms with van der Waals surface area (Å²) < 4.78 is 0.